The molecule has 3 aromatic rings. The molecule has 3 rings (SSSR count). The molecular formula is C20H23BrN4O3S. The smallest absolute Gasteiger partial charge is 0.251 e. The molecular weight excluding hydrogens is 456 g/mol. The van der Waals surface area contributed by atoms with Crippen LogP contribution in [-0.4, -0.2) is 42.7 Å². The molecule has 1 amide bonds. The highest BCUT2D eigenvalue weighted by Crippen LogP contribution is 2.27. The van der Waals surface area contributed by atoms with E-state index in [4.69, 9.17) is 0 Å². The third-order valence-corrected chi connectivity index (χ3v) is 7.42. The average molecular weight is 479 g/mol. The van der Waals surface area contributed by atoms with E-state index >= 15 is 0 Å². The second kappa shape index (κ2) is 8.25. The summed E-state index contributed by atoms with van der Waals surface area (Å²) >= 11 is 3.26. The van der Waals surface area contributed by atoms with Crippen molar-refractivity contribution >= 4 is 42.9 Å². The highest BCUT2D eigenvalue weighted by atomic mass is 79.9. The largest absolute Gasteiger partial charge is 0.342 e. The van der Waals surface area contributed by atoms with Crippen LogP contribution in [0.1, 0.15) is 36.1 Å². The molecule has 0 aliphatic carbocycles. The molecule has 154 valence electrons. The molecule has 1 unspecified atom stereocenters. The molecule has 0 bridgehead atoms. The first-order valence-electron chi connectivity index (χ1n) is 9.09. The van der Waals surface area contributed by atoms with Gasteiger partial charge in [-0.25, -0.2) is 17.7 Å². The third-order valence-electron chi connectivity index (χ3n) is 4.61. The summed E-state index contributed by atoms with van der Waals surface area (Å²) in [4.78, 5) is 20.8. The summed E-state index contributed by atoms with van der Waals surface area (Å²) in [5.74, 6) is 0.361. The van der Waals surface area contributed by atoms with Gasteiger partial charge in [0.15, 0.2) is 0 Å². The van der Waals surface area contributed by atoms with Gasteiger partial charge in [-0.05, 0) is 52.2 Å². The van der Waals surface area contributed by atoms with Crippen molar-refractivity contribution in [2.75, 3.05) is 14.1 Å². The zero-order valence-corrected chi connectivity index (χ0v) is 19.0. The number of hydrogen-bond acceptors (Lipinski definition) is 4. The summed E-state index contributed by atoms with van der Waals surface area (Å²) in [6.45, 7) is 3.98. The van der Waals surface area contributed by atoms with Crippen LogP contribution < -0.4 is 5.32 Å². The number of para-hydroxylation sites is 2. The standard InChI is InChI=1S/C20H23BrN4O3S/c1-12(2)18(19-22-15-7-5-6-8-16(15)23-19)24-20(26)13-9-10-14(21)17(11-13)29(27,28)25(3)4/h5-12,18H,1-4H3,(H,22,23)(H,24,26). The van der Waals surface area contributed by atoms with Gasteiger partial charge >= 0.3 is 0 Å². The van der Waals surface area contributed by atoms with Gasteiger partial charge in [-0.1, -0.05) is 26.0 Å². The molecule has 0 aliphatic rings. The molecule has 0 spiro atoms. The number of nitrogens with one attached hydrogen (secondary N) is 2. The Morgan fingerprint density at radius 3 is 2.48 bits per heavy atom. The molecule has 2 aromatic carbocycles. The molecule has 0 fully saturated rings. The molecule has 1 atom stereocenters. The lowest BCUT2D eigenvalue weighted by Gasteiger charge is -2.21. The molecule has 2 N–H and O–H groups in total. The molecule has 1 aromatic heterocycles. The van der Waals surface area contributed by atoms with Crippen molar-refractivity contribution in [3.05, 3.63) is 58.3 Å². The fourth-order valence-corrected chi connectivity index (χ4v) is 4.78. The van der Waals surface area contributed by atoms with Gasteiger partial charge in [-0.15, -0.1) is 0 Å². The Morgan fingerprint density at radius 1 is 1.17 bits per heavy atom. The van der Waals surface area contributed by atoms with E-state index < -0.39 is 10.0 Å². The Hall–Kier alpha value is -2.23. The topological polar surface area (TPSA) is 95.2 Å². The first-order chi connectivity index (χ1) is 13.6. The van der Waals surface area contributed by atoms with Crippen molar-refractivity contribution in [2.45, 2.75) is 24.8 Å². The van der Waals surface area contributed by atoms with Gasteiger partial charge in [-0.3, -0.25) is 4.79 Å². The number of carbonyl (C=O) groups is 1. The van der Waals surface area contributed by atoms with Crippen LogP contribution in [0.25, 0.3) is 11.0 Å². The molecule has 9 heteroatoms. The quantitative estimate of drug-likeness (QED) is 0.564. The summed E-state index contributed by atoms with van der Waals surface area (Å²) in [5.41, 5.74) is 1.98. The maximum absolute atomic E-state index is 12.9. The number of aromatic nitrogens is 2. The van der Waals surface area contributed by atoms with Crippen molar-refractivity contribution in [3.63, 3.8) is 0 Å². The molecule has 29 heavy (non-hydrogen) atoms. The summed E-state index contributed by atoms with van der Waals surface area (Å²) in [6, 6.07) is 11.8. The van der Waals surface area contributed by atoms with Gasteiger partial charge in [0.1, 0.15) is 5.82 Å². The highest BCUT2D eigenvalue weighted by molar-refractivity contribution is 9.10. The Morgan fingerprint density at radius 2 is 1.86 bits per heavy atom. The number of benzene rings is 2. The van der Waals surface area contributed by atoms with Gasteiger partial charge in [0.25, 0.3) is 5.91 Å². The number of sulfonamides is 1. The highest BCUT2D eigenvalue weighted by Gasteiger charge is 2.25. The van der Waals surface area contributed by atoms with Crippen LogP contribution in [-0.2, 0) is 10.0 Å². The molecule has 7 nitrogen and oxygen atoms in total. The number of nitrogens with zero attached hydrogens (tertiary/aromatic N) is 2. The first-order valence-corrected chi connectivity index (χ1v) is 11.3. The van der Waals surface area contributed by atoms with Gasteiger partial charge in [0, 0.05) is 24.1 Å². The number of carbonyl (C=O) groups excluding carboxylic acids is 1. The predicted molar refractivity (Wildman–Crippen MR) is 116 cm³/mol. The van der Waals surface area contributed by atoms with Gasteiger partial charge in [0.2, 0.25) is 10.0 Å². The molecule has 0 aliphatic heterocycles. The summed E-state index contributed by atoms with van der Waals surface area (Å²) in [5, 5.41) is 2.98. The van der Waals surface area contributed by atoms with Gasteiger partial charge in [-0.2, -0.15) is 0 Å². The SMILES string of the molecule is CC(C)C(NC(=O)c1ccc(Br)c(S(=O)(=O)N(C)C)c1)c1nc2ccccc2[nH]1. The van der Waals surface area contributed by atoms with Crippen LogP contribution in [0.4, 0.5) is 0 Å². The van der Waals surface area contributed by atoms with Gasteiger partial charge < -0.3 is 10.3 Å². The molecule has 0 saturated heterocycles. The van der Waals surface area contributed by atoms with E-state index in [9.17, 15) is 13.2 Å². The molecule has 1 heterocycles. The number of rotatable bonds is 6. The van der Waals surface area contributed by atoms with E-state index in [0.717, 1.165) is 15.3 Å². The van der Waals surface area contributed by atoms with E-state index in [1.54, 1.807) is 12.1 Å². The lowest BCUT2D eigenvalue weighted by molar-refractivity contribution is 0.0923. The lowest BCUT2D eigenvalue weighted by atomic mass is 10.0. The number of halogens is 1. The maximum Gasteiger partial charge on any atom is 0.251 e. The Balaban J connectivity index is 1.93. The van der Waals surface area contributed by atoms with E-state index in [1.807, 2.05) is 38.1 Å². The number of hydrogen-bond donors (Lipinski definition) is 2. The maximum atomic E-state index is 12.9. The van der Waals surface area contributed by atoms with Crippen molar-refractivity contribution < 1.29 is 13.2 Å². The minimum atomic E-state index is -3.69. The Bertz CT molecular complexity index is 1120. The fraction of sp³-hybridized carbons (Fsp3) is 0.300. The van der Waals surface area contributed by atoms with Crippen LogP contribution in [0.5, 0.6) is 0 Å². The minimum absolute atomic E-state index is 0.0417. The van der Waals surface area contributed by atoms with Crippen molar-refractivity contribution in [1.82, 2.24) is 19.6 Å². The van der Waals surface area contributed by atoms with E-state index in [1.165, 1.54) is 20.2 Å². The zero-order valence-electron chi connectivity index (χ0n) is 16.6. The van der Waals surface area contributed by atoms with Crippen LogP contribution in [0.3, 0.4) is 0 Å². The van der Waals surface area contributed by atoms with Crippen LogP contribution in [0.2, 0.25) is 0 Å². The van der Waals surface area contributed by atoms with Crippen molar-refractivity contribution in [3.8, 4) is 0 Å². The Labute approximate surface area is 178 Å². The number of fused-ring (bicyclic) bond motifs is 1. The second-order valence-electron chi connectivity index (χ2n) is 7.27. The minimum Gasteiger partial charge on any atom is -0.342 e. The monoisotopic (exact) mass is 478 g/mol. The van der Waals surface area contributed by atoms with Crippen LogP contribution in [0.15, 0.2) is 51.8 Å². The summed E-state index contributed by atoms with van der Waals surface area (Å²) in [6.07, 6.45) is 0. The van der Waals surface area contributed by atoms with Crippen molar-refractivity contribution in [1.29, 1.82) is 0 Å². The molecule has 0 saturated carbocycles. The second-order valence-corrected chi connectivity index (χ2v) is 10.2. The van der Waals surface area contributed by atoms with Gasteiger partial charge in [0.05, 0.1) is 22.0 Å². The first kappa shape index (κ1) is 21.5. The fourth-order valence-electron chi connectivity index (χ4n) is 2.93. The van der Waals surface area contributed by atoms with Crippen LogP contribution in [0, 0.1) is 5.92 Å². The van der Waals surface area contributed by atoms with E-state index in [2.05, 4.69) is 31.2 Å². The zero-order chi connectivity index (χ0) is 21.3. The lowest BCUT2D eigenvalue weighted by Crippen LogP contribution is -2.32. The third kappa shape index (κ3) is 4.36. The summed E-state index contributed by atoms with van der Waals surface area (Å²) < 4.78 is 26.6. The van der Waals surface area contributed by atoms with E-state index in [0.29, 0.717) is 10.3 Å². The van der Waals surface area contributed by atoms with Crippen molar-refractivity contribution in [2.24, 2.45) is 5.92 Å². The van der Waals surface area contributed by atoms with Crippen LogP contribution >= 0.6 is 15.9 Å². The number of amides is 1. The normalized spacial score (nSPS) is 13.2. The number of H-pyrrole nitrogens is 1. The van der Waals surface area contributed by atoms with E-state index in [-0.39, 0.29) is 28.3 Å². The number of imidazole rings is 1. The average Bonchev–Trinajstić information content (AvgIpc) is 3.09. The molecule has 0 radical (unpaired) electrons. The Kier molecular flexibility index (Phi) is 6.11. The number of aromatic amines is 1. The predicted octanol–water partition coefficient (Wildman–Crippen LogP) is 3.70. The summed E-state index contributed by atoms with van der Waals surface area (Å²) in [7, 11) is -0.791.